The molecular formula is C21H33IN6O2. The third kappa shape index (κ3) is 6.49. The second-order valence-electron chi connectivity index (χ2n) is 7.13. The van der Waals surface area contributed by atoms with Crippen molar-refractivity contribution in [2.45, 2.75) is 20.0 Å². The lowest BCUT2D eigenvalue weighted by molar-refractivity contribution is 0.171. The van der Waals surface area contributed by atoms with Gasteiger partial charge in [-0.15, -0.1) is 24.0 Å². The van der Waals surface area contributed by atoms with Crippen LogP contribution in [0.15, 0.2) is 35.6 Å². The van der Waals surface area contributed by atoms with Crippen LogP contribution in [0.4, 0.5) is 0 Å². The van der Waals surface area contributed by atoms with E-state index in [0.29, 0.717) is 6.54 Å². The molecule has 0 bridgehead atoms. The fraction of sp³-hybridized carbons (Fsp3) is 0.524. The Morgan fingerprint density at radius 1 is 1.17 bits per heavy atom. The number of hydrogen-bond donors (Lipinski definition) is 1. The predicted octanol–water partition coefficient (Wildman–Crippen LogP) is 2.34. The molecule has 1 N–H and O–H groups in total. The number of nitrogens with one attached hydrogen (secondary N) is 1. The summed E-state index contributed by atoms with van der Waals surface area (Å²) in [6, 6.07) is 5.96. The summed E-state index contributed by atoms with van der Waals surface area (Å²) in [7, 11) is 5.33. The lowest BCUT2D eigenvalue weighted by atomic mass is 10.1. The van der Waals surface area contributed by atoms with Gasteiger partial charge in [0.25, 0.3) is 0 Å². The summed E-state index contributed by atoms with van der Waals surface area (Å²) < 4.78 is 12.7. The Kier molecular flexibility index (Phi) is 9.70. The first-order valence-electron chi connectivity index (χ1n) is 10.1. The van der Waals surface area contributed by atoms with Crippen molar-refractivity contribution >= 4 is 29.9 Å². The molecule has 30 heavy (non-hydrogen) atoms. The molecule has 3 rings (SSSR count). The van der Waals surface area contributed by atoms with Gasteiger partial charge in [-0.05, 0) is 25.1 Å². The molecule has 0 radical (unpaired) electrons. The van der Waals surface area contributed by atoms with E-state index in [0.717, 1.165) is 67.9 Å². The van der Waals surface area contributed by atoms with Crippen LogP contribution in [0.25, 0.3) is 0 Å². The number of aromatic nitrogens is 2. The number of halogens is 1. The Labute approximate surface area is 196 Å². The highest BCUT2D eigenvalue weighted by atomic mass is 127. The minimum atomic E-state index is 0. The largest absolute Gasteiger partial charge is 0.497 e. The van der Waals surface area contributed by atoms with Gasteiger partial charge in [0, 0.05) is 63.6 Å². The van der Waals surface area contributed by atoms with E-state index >= 15 is 0 Å². The second-order valence-corrected chi connectivity index (χ2v) is 7.13. The van der Waals surface area contributed by atoms with E-state index in [1.165, 1.54) is 0 Å². The number of benzene rings is 1. The summed E-state index contributed by atoms with van der Waals surface area (Å²) in [6.07, 6.45) is 3.87. The zero-order valence-corrected chi connectivity index (χ0v) is 20.6. The highest BCUT2D eigenvalue weighted by molar-refractivity contribution is 14.0. The predicted molar refractivity (Wildman–Crippen MR) is 130 cm³/mol. The number of methoxy groups -OCH3 is 2. The van der Waals surface area contributed by atoms with Gasteiger partial charge in [0.15, 0.2) is 5.96 Å². The standard InChI is InChI=1S/C21H32N6O2.HI/c1-5-22-21(23-13-17-14-24-25(2)15-17)27-10-8-26(9-11-27)16-18-12-19(28-3)6-7-20(18)29-4;/h6-7,12,14-15H,5,8-11,13,16H2,1-4H3,(H,22,23);1H. The van der Waals surface area contributed by atoms with Gasteiger partial charge < -0.3 is 19.7 Å². The van der Waals surface area contributed by atoms with Crippen LogP contribution in [0.1, 0.15) is 18.1 Å². The summed E-state index contributed by atoms with van der Waals surface area (Å²) in [5.74, 6) is 2.73. The van der Waals surface area contributed by atoms with Gasteiger partial charge in [-0.1, -0.05) is 0 Å². The first-order chi connectivity index (χ1) is 14.1. The van der Waals surface area contributed by atoms with Crippen molar-refractivity contribution in [3.8, 4) is 11.5 Å². The van der Waals surface area contributed by atoms with Gasteiger partial charge >= 0.3 is 0 Å². The Hall–Kier alpha value is -2.01. The number of aliphatic imine (C=N–C) groups is 1. The lowest BCUT2D eigenvalue weighted by Gasteiger charge is -2.36. The molecule has 0 saturated carbocycles. The van der Waals surface area contributed by atoms with Crippen LogP contribution < -0.4 is 14.8 Å². The van der Waals surface area contributed by atoms with Gasteiger partial charge in [0.1, 0.15) is 11.5 Å². The monoisotopic (exact) mass is 528 g/mol. The molecule has 0 atom stereocenters. The zero-order chi connectivity index (χ0) is 20.6. The molecule has 2 aromatic rings. The maximum Gasteiger partial charge on any atom is 0.194 e. The molecular weight excluding hydrogens is 495 g/mol. The minimum Gasteiger partial charge on any atom is -0.497 e. The van der Waals surface area contributed by atoms with Crippen molar-refractivity contribution in [2.75, 3.05) is 46.9 Å². The highest BCUT2D eigenvalue weighted by Crippen LogP contribution is 2.25. The van der Waals surface area contributed by atoms with Gasteiger partial charge in [0.2, 0.25) is 0 Å². The van der Waals surface area contributed by atoms with E-state index in [2.05, 4.69) is 33.2 Å². The van der Waals surface area contributed by atoms with Crippen molar-refractivity contribution < 1.29 is 9.47 Å². The summed E-state index contributed by atoms with van der Waals surface area (Å²) in [5, 5.41) is 7.64. The van der Waals surface area contributed by atoms with E-state index in [1.54, 1.807) is 14.2 Å². The second kappa shape index (κ2) is 12.0. The number of aryl methyl sites for hydroxylation is 1. The number of ether oxygens (including phenoxy) is 2. The molecule has 166 valence electrons. The fourth-order valence-electron chi connectivity index (χ4n) is 3.51. The Balaban J connectivity index is 0.00000320. The van der Waals surface area contributed by atoms with E-state index in [4.69, 9.17) is 14.5 Å². The average Bonchev–Trinajstić information content (AvgIpc) is 3.17. The van der Waals surface area contributed by atoms with Crippen LogP contribution >= 0.6 is 24.0 Å². The van der Waals surface area contributed by atoms with Crippen molar-refractivity contribution in [1.29, 1.82) is 0 Å². The van der Waals surface area contributed by atoms with Crippen LogP contribution in [0, 0.1) is 0 Å². The molecule has 0 amide bonds. The number of nitrogens with zero attached hydrogens (tertiary/aromatic N) is 5. The van der Waals surface area contributed by atoms with Crippen LogP contribution in [-0.2, 0) is 20.1 Å². The summed E-state index contributed by atoms with van der Waals surface area (Å²) in [4.78, 5) is 9.58. The molecule has 1 aromatic carbocycles. The van der Waals surface area contributed by atoms with E-state index < -0.39 is 0 Å². The minimum absolute atomic E-state index is 0. The summed E-state index contributed by atoms with van der Waals surface area (Å²) in [6.45, 7) is 8.25. The van der Waals surface area contributed by atoms with Gasteiger partial charge in [-0.3, -0.25) is 9.58 Å². The van der Waals surface area contributed by atoms with Crippen molar-refractivity contribution in [2.24, 2.45) is 12.0 Å². The third-order valence-electron chi connectivity index (χ3n) is 5.06. The third-order valence-corrected chi connectivity index (χ3v) is 5.06. The fourth-order valence-corrected chi connectivity index (χ4v) is 3.51. The van der Waals surface area contributed by atoms with Gasteiger partial charge in [-0.25, -0.2) is 4.99 Å². The number of guanidine groups is 1. The Morgan fingerprint density at radius 3 is 2.53 bits per heavy atom. The molecule has 1 aliphatic heterocycles. The first kappa shape index (κ1) is 24.3. The number of piperazine rings is 1. The smallest absolute Gasteiger partial charge is 0.194 e. The van der Waals surface area contributed by atoms with Crippen molar-refractivity contribution in [1.82, 2.24) is 24.9 Å². The quantitative estimate of drug-likeness (QED) is 0.338. The molecule has 1 aromatic heterocycles. The van der Waals surface area contributed by atoms with E-state index in [-0.39, 0.29) is 24.0 Å². The SMILES string of the molecule is CCNC(=NCc1cnn(C)c1)N1CCN(Cc2cc(OC)ccc2OC)CC1.I. The van der Waals surface area contributed by atoms with Crippen molar-refractivity contribution in [3.63, 3.8) is 0 Å². The van der Waals surface area contributed by atoms with E-state index in [9.17, 15) is 0 Å². The Morgan fingerprint density at radius 2 is 1.93 bits per heavy atom. The molecule has 0 unspecified atom stereocenters. The Bertz CT molecular complexity index is 818. The summed E-state index contributed by atoms with van der Waals surface area (Å²) >= 11 is 0. The van der Waals surface area contributed by atoms with Crippen LogP contribution in [-0.4, -0.2) is 72.5 Å². The van der Waals surface area contributed by atoms with Crippen LogP contribution in [0.3, 0.4) is 0 Å². The molecule has 1 saturated heterocycles. The van der Waals surface area contributed by atoms with Crippen LogP contribution in [0.2, 0.25) is 0 Å². The molecule has 1 fully saturated rings. The molecule has 0 spiro atoms. The molecule has 9 heteroatoms. The van der Waals surface area contributed by atoms with Crippen LogP contribution in [0.5, 0.6) is 11.5 Å². The molecule has 2 heterocycles. The summed E-state index contributed by atoms with van der Waals surface area (Å²) in [5.41, 5.74) is 2.27. The maximum atomic E-state index is 5.52. The average molecular weight is 528 g/mol. The first-order valence-corrected chi connectivity index (χ1v) is 10.1. The molecule has 8 nitrogen and oxygen atoms in total. The number of hydrogen-bond acceptors (Lipinski definition) is 5. The molecule has 1 aliphatic rings. The van der Waals surface area contributed by atoms with Crippen molar-refractivity contribution in [3.05, 3.63) is 41.7 Å². The van der Waals surface area contributed by atoms with Gasteiger partial charge in [0.05, 0.1) is 27.0 Å². The lowest BCUT2D eigenvalue weighted by Crippen LogP contribution is -2.52. The maximum absolute atomic E-state index is 5.52. The molecule has 0 aliphatic carbocycles. The van der Waals surface area contributed by atoms with Gasteiger partial charge in [-0.2, -0.15) is 5.10 Å². The normalized spacial score (nSPS) is 14.9. The number of rotatable bonds is 7. The zero-order valence-electron chi connectivity index (χ0n) is 18.3. The topological polar surface area (TPSA) is 67.2 Å². The van der Waals surface area contributed by atoms with E-state index in [1.807, 2.05) is 36.3 Å². The highest BCUT2D eigenvalue weighted by Gasteiger charge is 2.21.